The Morgan fingerprint density at radius 1 is 1.25 bits per heavy atom. The van der Waals surface area contributed by atoms with Gasteiger partial charge in [0.15, 0.2) is 5.82 Å². The number of aromatic nitrogens is 4. The van der Waals surface area contributed by atoms with Crippen molar-refractivity contribution in [2.45, 2.75) is 32.9 Å². The van der Waals surface area contributed by atoms with Gasteiger partial charge in [-0.2, -0.15) is 20.1 Å². The van der Waals surface area contributed by atoms with E-state index >= 15 is 0 Å². The lowest BCUT2D eigenvalue weighted by atomic mass is 9.96. The molecule has 0 bridgehead atoms. The smallest absolute Gasteiger partial charge is 0.273 e. The molecule has 2 aromatic carbocycles. The molecule has 36 heavy (non-hydrogen) atoms. The molecule has 5 rings (SSSR count). The van der Waals surface area contributed by atoms with Crippen LogP contribution in [0.15, 0.2) is 41.2 Å². The van der Waals surface area contributed by atoms with Crippen molar-refractivity contribution in [1.82, 2.24) is 24.9 Å². The van der Waals surface area contributed by atoms with E-state index in [1.807, 2.05) is 24.3 Å². The number of aromatic amines is 1. The fraction of sp³-hybridized carbons (Fsp3) is 0.240. The lowest BCUT2D eigenvalue weighted by Crippen LogP contribution is -2.44. The summed E-state index contributed by atoms with van der Waals surface area (Å²) >= 11 is 0. The molecule has 1 aliphatic rings. The van der Waals surface area contributed by atoms with Gasteiger partial charge in [-0.05, 0) is 55.2 Å². The highest BCUT2D eigenvalue weighted by Gasteiger charge is 2.24. The number of nitrogens with one attached hydrogen (secondary N) is 1. The first kappa shape index (κ1) is 25.0. The zero-order valence-corrected chi connectivity index (χ0v) is 20.4. The summed E-state index contributed by atoms with van der Waals surface area (Å²) in [5.41, 5.74) is 9.99. The van der Waals surface area contributed by atoms with Crippen LogP contribution in [0, 0.1) is 24.1 Å². The number of hydrogen-bond acceptors (Lipinski definition) is 6. The van der Waals surface area contributed by atoms with E-state index in [0.717, 1.165) is 33.9 Å². The molecule has 1 atom stereocenters. The number of nitrogens with two attached hydrogens (primary N) is 1. The van der Waals surface area contributed by atoms with Crippen LogP contribution in [0.5, 0.6) is 0 Å². The van der Waals surface area contributed by atoms with Gasteiger partial charge in [0.1, 0.15) is 16.9 Å². The molecule has 0 radical (unpaired) electrons. The van der Waals surface area contributed by atoms with Crippen LogP contribution < -0.4 is 11.3 Å². The summed E-state index contributed by atoms with van der Waals surface area (Å²) in [7, 11) is 0. The second kappa shape index (κ2) is 9.53. The highest BCUT2D eigenvalue weighted by Crippen LogP contribution is 2.29. The predicted octanol–water partition coefficient (Wildman–Crippen LogP) is 2.75. The monoisotopic (exact) mass is 507 g/mol. The van der Waals surface area contributed by atoms with Gasteiger partial charge in [0.05, 0.1) is 23.2 Å². The first-order valence-corrected chi connectivity index (χ1v) is 11.1. The maximum absolute atomic E-state index is 14.8. The number of halogens is 2. The lowest BCUT2D eigenvalue weighted by molar-refractivity contribution is -0.133. The molecular weight excluding hydrogens is 485 g/mol. The Bertz CT molecular complexity index is 1580. The van der Waals surface area contributed by atoms with Crippen LogP contribution >= 0.6 is 12.4 Å². The van der Waals surface area contributed by atoms with E-state index < -0.39 is 17.4 Å². The minimum Gasteiger partial charge on any atom is -0.337 e. The Morgan fingerprint density at radius 3 is 2.72 bits per heavy atom. The largest absolute Gasteiger partial charge is 0.337 e. The van der Waals surface area contributed by atoms with Crippen molar-refractivity contribution in [3.05, 3.63) is 74.8 Å². The maximum Gasteiger partial charge on any atom is 0.273 e. The van der Waals surface area contributed by atoms with Crippen molar-refractivity contribution in [2.75, 3.05) is 6.54 Å². The third kappa shape index (κ3) is 4.23. The molecule has 11 heteroatoms. The van der Waals surface area contributed by atoms with E-state index in [1.54, 1.807) is 18.7 Å². The molecule has 9 nitrogen and oxygen atoms in total. The van der Waals surface area contributed by atoms with Crippen LogP contribution in [0.2, 0.25) is 0 Å². The van der Waals surface area contributed by atoms with E-state index in [-0.39, 0.29) is 29.6 Å². The van der Waals surface area contributed by atoms with Gasteiger partial charge in [-0.25, -0.2) is 4.39 Å². The zero-order valence-electron chi connectivity index (χ0n) is 19.6. The van der Waals surface area contributed by atoms with Gasteiger partial charge >= 0.3 is 0 Å². The molecule has 1 unspecified atom stereocenters. The molecule has 1 amide bonds. The van der Waals surface area contributed by atoms with E-state index in [2.05, 4.69) is 15.3 Å². The highest BCUT2D eigenvalue weighted by atomic mass is 35.5. The molecule has 3 heterocycles. The number of amides is 1. The van der Waals surface area contributed by atoms with Crippen molar-refractivity contribution >= 4 is 29.3 Å². The van der Waals surface area contributed by atoms with E-state index in [9.17, 15) is 14.0 Å². The van der Waals surface area contributed by atoms with Gasteiger partial charge in [0.2, 0.25) is 5.91 Å². The number of rotatable bonds is 3. The van der Waals surface area contributed by atoms with Gasteiger partial charge in [-0.15, -0.1) is 12.4 Å². The summed E-state index contributed by atoms with van der Waals surface area (Å²) < 4.78 is 15.8. The van der Waals surface area contributed by atoms with Crippen molar-refractivity contribution in [3.63, 3.8) is 0 Å². The van der Waals surface area contributed by atoms with Crippen LogP contribution in [0.3, 0.4) is 0 Å². The minimum absolute atomic E-state index is 0. The summed E-state index contributed by atoms with van der Waals surface area (Å²) in [5.74, 6) is -0.815. The highest BCUT2D eigenvalue weighted by molar-refractivity contribution is 5.89. The molecule has 0 saturated heterocycles. The predicted molar refractivity (Wildman–Crippen MR) is 134 cm³/mol. The number of aryl methyl sites for hydroxylation is 1. The van der Waals surface area contributed by atoms with Gasteiger partial charge in [0.25, 0.3) is 5.56 Å². The van der Waals surface area contributed by atoms with Gasteiger partial charge in [-0.1, -0.05) is 12.1 Å². The van der Waals surface area contributed by atoms with Crippen LogP contribution in [0.4, 0.5) is 4.39 Å². The third-order valence-corrected chi connectivity index (χ3v) is 6.23. The third-order valence-electron chi connectivity index (χ3n) is 6.23. The van der Waals surface area contributed by atoms with Crippen molar-refractivity contribution in [3.8, 4) is 23.0 Å². The molecule has 4 aromatic rings. The summed E-state index contributed by atoms with van der Waals surface area (Å²) in [5, 5.41) is 20.7. The normalized spacial score (nSPS) is 13.6. The zero-order chi connectivity index (χ0) is 24.9. The lowest BCUT2D eigenvalue weighted by Gasteiger charge is -2.30. The number of nitrogens with zero attached hydrogens (tertiary/aromatic N) is 5. The van der Waals surface area contributed by atoms with Gasteiger partial charge in [-0.3, -0.25) is 14.7 Å². The van der Waals surface area contributed by atoms with E-state index in [1.165, 1.54) is 12.1 Å². The first-order valence-electron chi connectivity index (χ1n) is 11.1. The molecule has 0 fully saturated rings. The molecule has 184 valence electrons. The van der Waals surface area contributed by atoms with Crippen LogP contribution in [0.1, 0.15) is 29.2 Å². The molecular formula is C25H23ClFN7O2. The summed E-state index contributed by atoms with van der Waals surface area (Å²) in [6.45, 7) is 4.35. The van der Waals surface area contributed by atoms with Gasteiger partial charge < -0.3 is 10.6 Å². The Morgan fingerprint density at radius 2 is 2.03 bits per heavy atom. The van der Waals surface area contributed by atoms with Crippen LogP contribution in [-0.2, 0) is 17.8 Å². The number of H-pyrrole nitrogens is 1. The first-order chi connectivity index (χ1) is 16.8. The average Bonchev–Trinajstić information content (AvgIpc) is 3.24. The van der Waals surface area contributed by atoms with Crippen LogP contribution in [-0.4, -0.2) is 43.4 Å². The second-order valence-electron chi connectivity index (χ2n) is 8.75. The SMILES string of the molecule is Cc1cc(C#N)cc(F)c1-n1nc2c(-c3ccc4c(c3)CN(C(=O)C(C)N)CC4)n[nH]c2cc1=O.Cl. The molecule has 3 N–H and O–H groups in total. The minimum atomic E-state index is -0.715. The average molecular weight is 508 g/mol. The Balaban J connectivity index is 0.00000304. The summed E-state index contributed by atoms with van der Waals surface area (Å²) in [4.78, 5) is 26.9. The molecule has 1 aliphatic heterocycles. The molecule has 0 spiro atoms. The molecule has 0 saturated carbocycles. The standard InChI is InChI=1S/C25H22FN7O2.ClH/c1-13-7-15(11-27)8-19(26)24(13)33-21(34)10-20-23(31-33)22(30-29-20)17-4-3-16-5-6-32(12-18(16)9-17)25(35)14(2)28;/h3-4,7-10,14,29H,5-6,12,28H2,1-2H3;1H. The quantitative estimate of drug-likeness (QED) is 0.438. The number of fused-ring (bicyclic) bond motifs is 2. The summed E-state index contributed by atoms with van der Waals surface area (Å²) in [6.07, 6.45) is 0.727. The second-order valence-corrected chi connectivity index (χ2v) is 8.75. The topological polar surface area (TPSA) is 134 Å². The number of hydrogen-bond donors (Lipinski definition) is 2. The summed E-state index contributed by atoms with van der Waals surface area (Å²) in [6, 6.07) is 11.1. The number of carbonyl (C=O) groups is 1. The fourth-order valence-corrected chi connectivity index (χ4v) is 4.50. The molecule has 2 aromatic heterocycles. The Labute approximate surface area is 211 Å². The van der Waals surface area contributed by atoms with Crippen LogP contribution in [0.25, 0.3) is 28.0 Å². The van der Waals surface area contributed by atoms with E-state index in [0.29, 0.717) is 35.4 Å². The van der Waals surface area contributed by atoms with Gasteiger partial charge in [0, 0.05) is 24.7 Å². The number of benzene rings is 2. The Hall–Kier alpha value is -4.07. The molecule has 0 aliphatic carbocycles. The van der Waals surface area contributed by atoms with Crippen molar-refractivity contribution in [2.24, 2.45) is 5.73 Å². The van der Waals surface area contributed by atoms with Crippen molar-refractivity contribution < 1.29 is 9.18 Å². The van der Waals surface area contributed by atoms with E-state index in [4.69, 9.17) is 11.0 Å². The Kier molecular flexibility index (Phi) is 6.63. The number of carbonyl (C=O) groups excluding carboxylic acids is 1. The van der Waals surface area contributed by atoms with Crippen molar-refractivity contribution in [1.29, 1.82) is 5.26 Å². The maximum atomic E-state index is 14.8. The fourth-order valence-electron chi connectivity index (χ4n) is 4.50. The number of nitriles is 1.